The lowest BCUT2D eigenvalue weighted by Gasteiger charge is -2.39. The number of primary amides is 1. The van der Waals surface area contributed by atoms with E-state index in [9.17, 15) is 4.79 Å². The summed E-state index contributed by atoms with van der Waals surface area (Å²) in [7, 11) is 0. The zero-order valence-corrected chi connectivity index (χ0v) is 20.7. The van der Waals surface area contributed by atoms with Gasteiger partial charge in [0.2, 0.25) is 5.91 Å². The summed E-state index contributed by atoms with van der Waals surface area (Å²) in [6.45, 7) is 9.26. The van der Waals surface area contributed by atoms with Gasteiger partial charge < -0.3 is 20.7 Å². The van der Waals surface area contributed by atoms with Crippen molar-refractivity contribution >= 4 is 35.8 Å². The second-order valence-corrected chi connectivity index (χ2v) is 8.50. The highest BCUT2D eigenvalue weighted by molar-refractivity contribution is 14.0. The Hall–Kier alpha value is -1.35. The number of rotatable bonds is 6. The molecular weight excluding hydrogens is 491 g/mol. The summed E-state index contributed by atoms with van der Waals surface area (Å²) in [6, 6.07) is 8.69. The van der Waals surface area contributed by atoms with Crippen molar-refractivity contribution in [3.63, 3.8) is 0 Å². The zero-order valence-electron chi connectivity index (χ0n) is 18.4. The Bertz CT molecular complexity index is 719. The molecule has 3 N–H and O–H groups in total. The topological polar surface area (TPSA) is 80.0 Å². The quantitative estimate of drug-likeness (QED) is 0.338. The maximum Gasteiger partial charge on any atom is 0.217 e. The van der Waals surface area contributed by atoms with Crippen molar-refractivity contribution in [1.29, 1.82) is 0 Å². The Morgan fingerprint density at radius 2 is 2.07 bits per heavy atom. The van der Waals surface area contributed by atoms with E-state index in [4.69, 9.17) is 15.5 Å². The Labute approximate surface area is 198 Å². The number of nitrogens with two attached hydrogens (primary N) is 1. The maximum absolute atomic E-state index is 11.4. The molecule has 0 aliphatic carbocycles. The summed E-state index contributed by atoms with van der Waals surface area (Å²) in [5, 5.41) is 3.48. The number of guanidine groups is 1. The minimum Gasteiger partial charge on any atom is -0.381 e. The smallest absolute Gasteiger partial charge is 0.217 e. The first kappa shape index (κ1) is 24.9. The fraction of sp³-hybridized carbons (Fsp3) is 0.652. The van der Waals surface area contributed by atoms with Crippen LogP contribution in [-0.4, -0.2) is 56.2 Å². The Kier molecular flexibility index (Phi) is 9.87. The second kappa shape index (κ2) is 11.9. The molecule has 3 rings (SSSR count). The van der Waals surface area contributed by atoms with Crippen LogP contribution in [0.3, 0.4) is 0 Å². The lowest BCUT2D eigenvalue weighted by atomic mass is 9.72. The van der Waals surface area contributed by atoms with Gasteiger partial charge in [0.05, 0.1) is 6.54 Å². The molecule has 0 radical (unpaired) electrons. The summed E-state index contributed by atoms with van der Waals surface area (Å²) in [5.41, 5.74) is 8.19. The number of aryl methyl sites for hydroxylation is 1. The number of nitrogens with one attached hydrogen (secondary N) is 1. The number of hydrogen-bond acceptors (Lipinski definition) is 3. The monoisotopic (exact) mass is 528 g/mol. The van der Waals surface area contributed by atoms with Gasteiger partial charge in [-0.1, -0.05) is 24.3 Å². The third-order valence-electron chi connectivity index (χ3n) is 6.34. The molecule has 0 bridgehead atoms. The third kappa shape index (κ3) is 6.33. The van der Waals surface area contributed by atoms with Gasteiger partial charge in [-0.25, -0.2) is 0 Å². The highest BCUT2D eigenvalue weighted by atomic mass is 127. The van der Waals surface area contributed by atoms with E-state index in [1.807, 2.05) is 0 Å². The summed E-state index contributed by atoms with van der Waals surface area (Å²) >= 11 is 0. The second-order valence-electron chi connectivity index (χ2n) is 8.50. The number of carbonyl (C=O) groups excluding carboxylic acids is 1. The predicted molar refractivity (Wildman–Crippen MR) is 132 cm³/mol. The van der Waals surface area contributed by atoms with E-state index in [1.54, 1.807) is 0 Å². The number of hydrogen-bond donors (Lipinski definition) is 2. The first-order valence-electron chi connectivity index (χ1n) is 11.0. The van der Waals surface area contributed by atoms with Crippen LogP contribution >= 0.6 is 24.0 Å². The molecule has 0 aromatic heterocycles. The van der Waals surface area contributed by atoms with Gasteiger partial charge in [0.1, 0.15) is 0 Å². The fourth-order valence-electron chi connectivity index (χ4n) is 4.80. The van der Waals surface area contributed by atoms with Crippen LogP contribution in [0, 0.1) is 12.8 Å². The van der Waals surface area contributed by atoms with Crippen molar-refractivity contribution in [2.75, 3.05) is 39.4 Å². The summed E-state index contributed by atoms with van der Waals surface area (Å²) < 4.78 is 5.69. The van der Waals surface area contributed by atoms with Crippen LogP contribution in [0.25, 0.3) is 0 Å². The predicted octanol–water partition coefficient (Wildman–Crippen LogP) is 3.21. The molecular formula is C23H37IN4O2. The molecule has 1 aromatic rings. The molecule has 168 valence electrons. The van der Waals surface area contributed by atoms with E-state index < -0.39 is 0 Å². The van der Waals surface area contributed by atoms with Gasteiger partial charge in [-0.2, -0.15) is 0 Å². The maximum atomic E-state index is 11.4. The number of nitrogens with zero attached hydrogens (tertiary/aromatic N) is 2. The molecule has 0 spiro atoms. The molecule has 1 atom stereocenters. The van der Waals surface area contributed by atoms with Gasteiger partial charge in [0.25, 0.3) is 0 Å². The minimum absolute atomic E-state index is 0. The molecule has 2 heterocycles. The molecule has 1 aromatic carbocycles. The highest BCUT2D eigenvalue weighted by Gasteiger charge is 2.36. The van der Waals surface area contributed by atoms with E-state index in [1.165, 1.54) is 11.1 Å². The summed E-state index contributed by atoms with van der Waals surface area (Å²) in [5.74, 6) is 1.07. The van der Waals surface area contributed by atoms with Crippen LogP contribution in [0.1, 0.15) is 50.2 Å². The molecule has 2 fully saturated rings. The number of aliphatic imine (C=N–C) groups is 1. The number of likely N-dealkylation sites (tertiary alicyclic amines) is 1. The van der Waals surface area contributed by atoms with Crippen LogP contribution in [0.15, 0.2) is 29.3 Å². The van der Waals surface area contributed by atoms with E-state index >= 15 is 0 Å². The van der Waals surface area contributed by atoms with Gasteiger partial charge in [-0.05, 0) is 56.6 Å². The SMILES string of the molecule is CCNC(=NCC1(c2ccccc2C)CCOCC1)N1CCCC(CC(N)=O)C1.I. The number of carbonyl (C=O) groups is 1. The van der Waals surface area contributed by atoms with Crippen molar-refractivity contribution in [2.24, 2.45) is 16.6 Å². The first-order valence-corrected chi connectivity index (χ1v) is 11.0. The molecule has 1 unspecified atom stereocenters. The van der Waals surface area contributed by atoms with E-state index in [0.29, 0.717) is 12.3 Å². The lowest BCUT2D eigenvalue weighted by Crippen LogP contribution is -2.48. The van der Waals surface area contributed by atoms with Gasteiger partial charge in [-0.3, -0.25) is 9.79 Å². The standard InChI is InChI=1S/C23H36N4O2.HI/c1-3-25-22(27-12-6-8-19(16-27)15-21(24)28)26-17-23(10-13-29-14-11-23)20-9-5-4-7-18(20)2;/h4-5,7,9,19H,3,6,8,10-17H2,1-2H3,(H2,24,28)(H,25,26);1H. The summed E-state index contributed by atoms with van der Waals surface area (Å²) in [6.07, 6.45) is 4.57. The summed E-state index contributed by atoms with van der Waals surface area (Å²) in [4.78, 5) is 18.8. The Morgan fingerprint density at radius 1 is 1.33 bits per heavy atom. The average molecular weight is 528 g/mol. The fourth-order valence-corrected chi connectivity index (χ4v) is 4.80. The van der Waals surface area contributed by atoms with Crippen molar-refractivity contribution in [3.05, 3.63) is 35.4 Å². The van der Waals surface area contributed by atoms with Gasteiger partial charge in [-0.15, -0.1) is 24.0 Å². The van der Waals surface area contributed by atoms with Crippen LogP contribution < -0.4 is 11.1 Å². The normalized spacial score (nSPS) is 21.6. The van der Waals surface area contributed by atoms with E-state index in [-0.39, 0.29) is 35.3 Å². The molecule has 2 aliphatic rings. The van der Waals surface area contributed by atoms with Crippen LogP contribution in [0.5, 0.6) is 0 Å². The molecule has 2 saturated heterocycles. The third-order valence-corrected chi connectivity index (χ3v) is 6.34. The number of benzene rings is 1. The van der Waals surface area contributed by atoms with Crippen LogP contribution in [0.4, 0.5) is 0 Å². The lowest BCUT2D eigenvalue weighted by molar-refractivity contribution is -0.119. The average Bonchev–Trinajstić information content (AvgIpc) is 2.72. The van der Waals surface area contributed by atoms with Crippen molar-refractivity contribution in [3.8, 4) is 0 Å². The van der Waals surface area contributed by atoms with E-state index in [2.05, 4.69) is 48.3 Å². The van der Waals surface area contributed by atoms with Gasteiger partial charge >= 0.3 is 0 Å². The van der Waals surface area contributed by atoms with E-state index in [0.717, 1.165) is 71.0 Å². The number of piperidine rings is 1. The zero-order chi connectivity index (χ0) is 20.7. The molecule has 6 nitrogen and oxygen atoms in total. The minimum atomic E-state index is -0.209. The molecule has 30 heavy (non-hydrogen) atoms. The van der Waals surface area contributed by atoms with Crippen LogP contribution in [-0.2, 0) is 14.9 Å². The molecule has 7 heteroatoms. The number of amides is 1. The Morgan fingerprint density at radius 3 is 2.73 bits per heavy atom. The van der Waals surface area contributed by atoms with Crippen LogP contribution in [0.2, 0.25) is 0 Å². The van der Waals surface area contributed by atoms with Gasteiger partial charge in [0.15, 0.2) is 5.96 Å². The van der Waals surface area contributed by atoms with Crippen molar-refractivity contribution < 1.29 is 9.53 Å². The van der Waals surface area contributed by atoms with Crippen molar-refractivity contribution in [1.82, 2.24) is 10.2 Å². The molecule has 2 aliphatic heterocycles. The number of ether oxygens (including phenoxy) is 1. The van der Waals surface area contributed by atoms with Gasteiger partial charge in [0, 0.05) is 44.7 Å². The van der Waals surface area contributed by atoms with Crippen molar-refractivity contribution in [2.45, 2.75) is 51.4 Å². The first-order chi connectivity index (χ1) is 14.0. The highest BCUT2D eigenvalue weighted by Crippen LogP contribution is 2.37. The Balaban J connectivity index is 0.00000320. The largest absolute Gasteiger partial charge is 0.381 e. The number of halogens is 1. The molecule has 1 amide bonds. The molecule has 0 saturated carbocycles.